The molecule has 0 unspecified atom stereocenters. The highest BCUT2D eigenvalue weighted by Crippen LogP contribution is 2.19. The van der Waals surface area contributed by atoms with E-state index >= 15 is 0 Å². The fourth-order valence-corrected chi connectivity index (χ4v) is 2.59. The highest BCUT2D eigenvalue weighted by Gasteiger charge is 2.08. The van der Waals surface area contributed by atoms with E-state index in [4.69, 9.17) is 0 Å². The van der Waals surface area contributed by atoms with Gasteiger partial charge in [0.15, 0.2) is 0 Å². The average Bonchev–Trinajstić information content (AvgIpc) is 2.18. The molecular weight excluding hydrogens is 343 g/mol. The molecule has 1 aromatic carbocycles. The first kappa shape index (κ1) is 14.1. The van der Waals surface area contributed by atoms with E-state index in [0.717, 1.165) is 5.75 Å². The van der Waals surface area contributed by atoms with Gasteiger partial charge in [0.25, 0.3) is 0 Å². The quantitative estimate of drug-likeness (QED) is 0.329. The third kappa shape index (κ3) is 4.15. The largest absolute Gasteiger partial charge is 0.175 e. The van der Waals surface area contributed by atoms with Crippen LogP contribution in [0.1, 0.15) is 16.7 Å². The molecule has 1 aromatic rings. The van der Waals surface area contributed by atoms with Crippen molar-refractivity contribution in [2.75, 3.05) is 0 Å². The lowest BCUT2D eigenvalue weighted by molar-refractivity contribution is 1.32. The monoisotopic (exact) mass is 360 g/mol. The molecule has 0 radical (unpaired) electrons. The molecule has 16 heavy (non-hydrogen) atoms. The summed E-state index contributed by atoms with van der Waals surface area (Å²) in [4.78, 5) is 0. The molecule has 0 aliphatic carbocycles. The highest BCUT2D eigenvalue weighted by molar-refractivity contribution is 14.1. The Labute approximate surface area is 119 Å². The molecule has 0 fully saturated rings. The molecule has 1 rings (SSSR count). The lowest BCUT2D eigenvalue weighted by Gasteiger charge is -2.07. The maximum atomic E-state index is 4.32. The molecular formula is C13H17ISSi. The summed E-state index contributed by atoms with van der Waals surface area (Å²) >= 11 is 6.69. The summed E-state index contributed by atoms with van der Waals surface area (Å²) in [6.07, 6.45) is 0. The normalized spacial score (nSPS) is 10.9. The maximum absolute atomic E-state index is 4.32. The van der Waals surface area contributed by atoms with Gasteiger partial charge in [-0.15, -0.1) is 5.54 Å². The minimum absolute atomic E-state index is 0.776. The summed E-state index contributed by atoms with van der Waals surface area (Å²) in [7, 11) is -1.29. The summed E-state index contributed by atoms with van der Waals surface area (Å²) in [5.41, 5.74) is 7.12. The summed E-state index contributed by atoms with van der Waals surface area (Å²) < 4.78 is 1.28. The van der Waals surface area contributed by atoms with Crippen molar-refractivity contribution in [3.8, 4) is 11.5 Å². The second-order valence-corrected chi connectivity index (χ2v) is 11.1. The van der Waals surface area contributed by atoms with Crippen molar-refractivity contribution >= 4 is 43.3 Å². The molecule has 0 nitrogen and oxygen atoms in total. The Bertz CT molecular complexity index is 449. The van der Waals surface area contributed by atoms with Crippen LogP contribution in [0.5, 0.6) is 0 Å². The molecule has 0 spiro atoms. The smallest absolute Gasteiger partial charge is 0.129 e. The van der Waals surface area contributed by atoms with Crippen molar-refractivity contribution in [3.63, 3.8) is 0 Å². The number of rotatable bonds is 1. The van der Waals surface area contributed by atoms with Gasteiger partial charge < -0.3 is 0 Å². The standard InChI is InChI=1S/C13H17ISSi/c1-10-12(5-6-16(2,3)4)7-11(9-15)8-13(10)14/h7-8,15H,9H2,1-4H3. The zero-order valence-corrected chi connectivity index (χ0v) is 14.2. The van der Waals surface area contributed by atoms with Gasteiger partial charge in [-0.25, -0.2) is 0 Å². The van der Waals surface area contributed by atoms with E-state index < -0.39 is 8.07 Å². The van der Waals surface area contributed by atoms with Crippen LogP contribution < -0.4 is 0 Å². The summed E-state index contributed by atoms with van der Waals surface area (Å²) in [6.45, 7) is 8.94. The Hall–Kier alpha value is 0.0769. The molecule has 0 aliphatic rings. The van der Waals surface area contributed by atoms with Crippen LogP contribution in [0, 0.1) is 22.0 Å². The van der Waals surface area contributed by atoms with Crippen LogP contribution in [0.15, 0.2) is 12.1 Å². The predicted octanol–water partition coefficient (Wildman–Crippen LogP) is 4.26. The molecule has 86 valence electrons. The van der Waals surface area contributed by atoms with Crippen molar-refractivity contribution in [2.24, 2.45) is 0 Å². The van der Waals surface area contributed by atoms with E-state index in [1.807, 2.05) is 0 Å². The van der Waals surface area contributed by atoms with Crippen LogP contribution >= 0.6 is 35.2 Å². The van der Waals surface area contributed by atoms with Gasteiger partial charge in [-0.1, -0.05) is 25.6 Å². The molecule has 0 amide bonds. The molecule has 0 heterocycles. The topological polar surface area (TPSA) is 0 Å². The molecule has 0 saturated carbocycles. The third-order valence-corrected chi connectivity index (χ3v) is 4.52. The van der Waals surface area contributed by atoms with E-state index in [1.165, 1.54) is 20.3 Å². The Balaban J connectivity index is 3.21. The van der Waals surface area contributed by atoms with Crippen molar-refractivity contribution in [2.45, 2.75) is 32.3 Å². The maximum Gasteiger partial charge on any atom is 0.129 e. The molecule has 0 bridgehead atoms. The van der Waals surface area contributed by atoms with Crippen molar-refractivity contribution in [1.82, 2.24) is 0 Å². The van der Waals surface area contributed by atoms with Crippen molar-refractivity contribution in [3.05, 3.63) is 32.4 Å². The number of thiol groups is 1. The van der Waals surface area contributed by atoms with E-state index in [1.54, 1.807) is 0 Å². The van der Waals surface area contributed by atoms with Gasteiger partial charge >= 0.3 is 0 Å². The van der Waals surface area contributed by atoms with Crippen LogP contribution in [-0.2, 0) is 5.75 Å². The van der Waals surface area contributed by atoms with Crippen LogP contribution in [0.25, 0.3) is 0 Å². The average molecular weight is 360 g/mol. The minimum atomic E-state index is -1.29. The number of halogens is 1. The van der Waals surface area contributed by atoms with E-state index in [0.29, 0.717) is 0 Å². The minimum Gasteiger partial charge on any atom is -0.175 e. The molecule has 0 aromatic heterocycles. The zero-order valence-electron chi connectivity index (χ0n) is 10.2. The number of hydrogen-bond donors (Lipinski definition) is 1. The van der Waals surface area contributed by atoms with Gasteiger partial charge in [0.2, 0.25) is 0 Å². The van der Waals surface area contributed by atoms with Gasteiger partial charge in [-0.05, 0) is 52.8 Å². The molecule has 0 saturated heterocycles. The Morgan fingerprint density at radius 2 is 1.94 bits per heavy atom. The van der Waals surface area contributed by atoms with Crippen LogP contribution in [0.4, 0.5) is 0 Å². The Morgan fingerprint density at radius 1 is 1.31 bits per heavy atom. The van der Waals surface area contributed by atoms with E-state index in [-0.39, 0.29) is 0 Å². The van der Waals surface area contributed by atoms with Gasteiger partial charge in [0.05, 0.1) is 0 Å². The third-order valence-electron chi connectivity index (χ3n) is 2.16. The predicted molar refractivity (Wildman–Crippen MR) is 86.8 cm³/mol. The summed E-state index contributed by atoms with van der Waals surface area (Å²) in [5.74, 6) is 4.12. The van der Waals surface area contributed by atoms with Gasteiger partial charge in [0, 0.05) is 14.9 Å². The summed E-state index contributed by atoms with van der Waals surface area (Å²) in [5, 5.41) is 0. The zero-order chi connectivity index (χ0) is 12.3. The molecule has 0 atom stereocenters. The summed E-state index contributed by atoms with van der Waals surface area (Å²) in [6, 6.07) is 4.35. The highest BCUT2D eigenvalue weighted by atomic mass is 127. The van der Waals surface area contributed by atoms with Crippen molar-refractivity contribution < 1.29 is 0 Å². The number of hydrogen-bond acceptors (Lipinski definition) is 1. The molecule has 0 N–H and O–H groups in total. The van der Waals surface area contributed by atoms with Gasteiger partial charge in [0.1, 0.15) is 8.07 Å². The fourth-order valence-electron chi connectivity index (χ4n) is 1.21. The lowest BCUT2D eigenvalue weighted by Crippen LogP contribution is -2.16. The Kier molecular flexibility index (Phi) is 4.96. The first-order valence-electron chi connectivity index (χ1n) is 5.26. The lowest BCUT2D eigenvalue weighted by atomic mass is 10.1. The Morgan fingerprint density at radius 3 is 2.44 bits per heavy atom. The molecule has 3 heteroatoms. The van der Waals surface area contributed by atoms with Crippen LogP contribution in [0.2, 0.25) is 19.6 Å². The first-order chi connectivity index (χ1) is 7.33. The van der Waals surface area contributed by atoms with E-state index in [9.17, 15) is 0 Å². The molecule has 0 aliphatic heterocycles. The second-order valence-electron chi connectivity index (χ2n) is 4.91. The fraction of sp³-hybridized carbons (Fsp3) is 0.385. The second kappa shape index (κ2) is 5.61. The van der Waals surface area contributed by atoms with Gasteiger partial charge in [-0.2, -0.15) is 12.6 Å². The van der Waals surface area contributed by atoms with E-state index in [2.05, 4.69) is 85.4 Å². The SMILES string of the molecule is Cc1c(I)cc(CS)cc1C#C[Si](C)(C)C. The van der Waals surface area contributed by atoms with Crippen LogP contribution in [0.3, 0.4) is 0 Å². The first-order valence-corrected chi connectivity index (χ1v) is 10.5. The van der Waals surface area contributed by atoms with Gasteiger partial charge in [-0.3, -0.25) is 0 Å². The number of benzene rings is 1. The van der Waals surface area contributed by atoms with Crippen molar-refractivity contribution in [1.29, 1.82) is 0 Å². The van der Waals surface area contributed by atoms with Crippen LogP contribution in [-0.4, -0.2) is 8.07 Å².